The fourth-order valence-corrected chi connectivity index (χ4v) is 4.33. The van der Waals surface area contributed by atoms with Crippen molar-refractivity contribution in [3.63, 3.8) is 0 Å². The highest BCUT2D eigenvalue weighted by Gasteiger charge is 2.26. The van der Waals surface area contributed by atoms with E-state index in [1.54, 1.807) is 23.1 Å². The van der Waals surface area contributed by atoms with Crippen LogP contribution in [0, 0.1) is 0 Å². The fourth-order valence-electron chi connectivity index (χ4n) is 3.10. The molecule has 1 saturated heterocycles. The predicted octanol–water partition coefficient (Wildman–Crippen LogP) is 1.41. The largest absolute Gasteiger partial charge is 0.444 e. The number of carbonyl (C=O) groups is 2. The fraction of sp³-hybridized carbons (Fsp3) is 0.619. The van der Waals surface area contributed by atoms with Crippen LogP contribution in [-0.2, 0) is 19.6 Å². The number of sulfonamides is 1. The summed E-state index contributed by atoms with van der Waals surface area (Å²) in [6.07, 6.45) is 0.447. The summed E-state index contributed by atoms with van der Waals surface area (Å²) in [6.45, 7) is 11.0. The van der Waals surface area contributed by atoms with Gasteiger partial charge in [0, 0.05) is 32.7 Å². The number of hydrogen-bond donors (Lipinski definition) is 2. The zero-order valence-corrected chi connectivity index (χ0v) is 19.6. The van der Waals surface area contributed by atoms with Crippen LogP contribution in [-0.4, -0.2) is 81.1 Å². The molecule has 174 valence electrons. The summed E-state index contributed by atoms with van der Waals surface area (Å²) >= 11 is 0. The maximum absolute atomic E-state index is 12.3. The van der Waals surface area contributed by atoms with Gasteiger partial charge in [-0.2, -0.15) is 4.72 Å². The van der Waals surface area contributed by atoms with Gasteiger partial charge < -0.3 is 15.0 Å². The SMILES string of the molecule is C[C@H](NS(=O)(=O)c1ccccc1)C(=O)NCCCN1CCN(C(=O)OC(C)(C)C)CC1. The van der Waals surface area contributed by atoms with Gasteiger partial charge in [-0.05, 0) is 52.8 Å². The van der Waals surface area contributed by atoms with E-state index >= 15 is 0 Å². The number of nitrogens with zero attached hydrogens (tertiary/aromatic N) is 2. The first-order valence-corrected chi connectivity index (χ1v) is 12.0. The van der Waals surface area contributed by atoms with Crippen LogP contribution in [0.25, 0.3) is 0 Å². The van der Waals surface area contributed by atoms with Crippen molar-refractivity contribution < 1.29 is 22.7 Å². The van der Waals surface area contributed by atoms with E-state index in [1.807, 2.05) is 20.8 Å². The Morgan fingerprint density at radius 2 is 1.71 bits per heavy atom. The third-order valence-corrected chi connectivity index (χ3v) is 6.31. The van der Waals surface area contributed by atoms with Gasteiger partial charge in [-0.1, -0.05) is 18.2 Å². The second-order valence-corrected chi connectivity index (χ2v) is 10.3. The second-order valence-electron chi connectivity index (χ2n) is 8.61. The van der Waals surface area contributed by atoms with Crippen molar-refractivity contribution in [1.82, 2.24) is 19.8 Å². The van der Waals surface area contributed by atoms with Gasteiger partial charge >= 0.3 is 6.09 Å². The summed E-state index contributed by atoms with van der Waals surface area (Å²) in [7, 11) is -3.74. The Morgan fingerprint density at radius 3 is 2.29 bits per heavy atom. The van der Waals surface area contributed by atoms with Crippen LogP contribution in [0.15, 0.2) is 35.2 Å². The van der Waals surface area contributed by atoms with Gasteiger partial charge in [0.15, 0.2) is 0 Å². The van der Waals surface area contributed by atoms with Crippen molar-refractivity contribution in [3.05, 3.63) is 30.3 Å². The van der Waals surface area contributed by atoms with Gasteiger partial charge in [0.2, 0.25) is 15.9 Å². The minimum absolute atomic E-state index is 0.125. The maximum atomic E-state index is 12.3. The van der Waals surface area contributed by atoms with Gasteiger partial charge in [0.25, 0.3) is 0 Å². The summed E-state index contributed by atoms with van der Waals surface area (Å²) in [5.41, 5.74) is -0.501. The monoisotopic (exact) mass is 454 g/mol. The van der Waals surface area contributed by atoms with E-state index in [-0.39, 0.29) is 16.9 Å². The first-order chi connectivity index (χ1) is 14.5. The van der Waals surface area contributed by atoms with E-state index in [0.717, 1.165) is 26.1 Å². The highest BCUT2D eigenvalue weighted by molar-refractivity contribution is 7.89. The Labute approximate surface area is 185 Å². The molecule has 2 amide bonds. The van der Waals surface area contributed by atoms with E-state index in [0.29, 0.717) is 19.6 Å². The molecule has 2 N–H and O–H groups in total. The summed E-state index contributed by atoms with van der Waals surface area (Å²) in [4.78, 5) is 28.4. The number of ether oxygens (including phenoxy) is 1. The summed E-state index contributed by atoms with van der Waals surface area (Å²) in [5.74, 6) is -0.366. The number of rotatable bonds is 8. The third kappa shape index (κ3) is 8.47. The molecule has 1 aromatic carbocycles. The van der Waals surface area contributed by atoms with Crippen LogP contribution in [0.5, 0.6) is 0 Å². The predicted molar refractivity (Wildman–Crippen MR) is 118 cm³/mol. The van der Waals surface area contributed by atoms with E-state index < -0.39 is 21.7 Å². The molecule has 1 atom stereocenters. The molecule has 31 heavy (non-hydrogen) atoms. The Bertz CT molecular complexity index is 831. The van der Waals surface area contributed by atoms with E-state index in [9.17, 15) is 18.0 Å². The van der Waals surface area contributed by atoms with Crippen molar-refractivity contribution in [2.24, 2.45) is 0 Å². The Hall–Kier alpha value is -2.17. The lowest BCUT2D eigenvalue weighted by atomic mass is 10.2. The second kappa shape index (κ2) is 10.9. The van der Waals surface area contributed by atoms with Gasteiger partial charge in [0.05, 0.1) is 10.9 Å². The highest BCUT2D eigenvalue weighted by atomic mass is 32.2. The molecule has 0 radical (unpaired) electrons. The van der Waals surface area contributed by atoms with Crippen LogP contribution >= 0.6 is 0 Å². The lowest BCUT2D eigenvalue weighted by molar-refractivity contribution is -0.122. The summed E-state index contributed by atoms with van der Waals surface area (Å²) in [5, 5.41) is 2.77. The van der Waals surface area contributed by atoms with E-state index in [1.165, 1.54) is 19.1 Å². The molecule has 0 aliphatic carbocycles. The van der Waals surface area contributed by atoms with E-state index in [2.05, 4.69) is 14.9 Å². The maximum Gasteiger partial charge on any atom is 0.410 e. The number of amides is 2. The van der Waals surface area contributed by atoms with Gasteiger partial charge in [-0.3, -0.25) is 9.69 Å². The summed E-state index contributed by atoms with van der Waals surface area (Å²) < 4.78 is 32.4. The van der Waals surface area contributed by atoms with Crippen LogP contribution in [0.1, 0.15) is 34.1 Å². The number of nitrogens with one attached hydrogen (secondary N) is 2. The molecule has 10 heteroatoms. The molecule has 9 nitrogen and oxygen atoms in total. The first-order valence-electron chi connectivity index (χ1n) is 10.5. The van der Waals surface area contributed by atoms with Gasteiger partial charge in [0.1, 0.15) is 5.60 Å². The lowest BCUT2D eigenvalue weighted by Gasteiger charge is -2.35. The van der Waals surface area contributed by atoms with Crippen LogP contribution in [0.2, 0.25) is 0 Å². The molecule has 1 aliphatic heterocycles. The number of piperazine rings is 1. The molecule has 2 rings (SSSR count). The molecule has 0 bridgehead atoms. The van der Waals surface area contributed by atoms with Crippen LogP contribution in [0.4, 0.5) is 4.79 Å². The average Bonchev–Trinajstić information content (AvgIpc) is 2.70. The van der Waals surface area contributed by atoms with Gasteiger partial charge in [-0.15, -0.1) is 0 Å². The molecular formula is C21H34N4O5S. The molecule has 0 spiro atoms. The van der Waals surface area contributed by atoms with Crippen LogP contribution in [0.3, 0.4) is 0 Å². The zero-order valence-electron chi connectivity index (χ0n) is 18.8. The minimum Gasteiger partial charge on any atom is -0.444 e. The zero-order chi connectivity index (χ0) is 23.1. The van der Waals surface area contributed by atoms with Crippen LogP contribution < -0.4 is 10.0 Å². The normalized spacial score (nSPS) is 16.6. The minimum atomic E-state index is -3.74. The van der Waals surface area contributed by atoms with Gasteiger partial charge in [-0.25, -0.2) is 13.2 Å². The van der Waals surface area contributed by atoms with Crippen molar-refractivity contribution >= 4 is 22.0 Å². The standard InChI is InChI=1S/C21H34N4O5S/c1-17(23-31(28,29)18-9-6-5-7-10-18)19(26)22-11-8-12-24-13-15-25(16-14-24)20(27)30-21(2,3)4/h5-7,9-10,17,23H,8,11-16H2,1-4H3,(H,22,26)/t17-/m0/s1. The molecule has 0 aromatic heterocycles. The van der Waals surface area contributed by atoms with Crippen molar-refractivity contribution in [2.45, 2.75) is 50.7 Å². The molecule has 1 aliphatic rings. The number of carbonyl (C=O) groups excluding carboxylic acids is 2. The topological polar surface area (TPSA) is 108 Å². The van der Waals surface area contributed by atoms with Crippen molar-refractivity contribution in [2.75, 3.05) is 39.3 Å². The quantitative estimate of drug-likeness (QED) is 0.575. The molecular weight excluding hydrogens is 420 g/mol. The smallest absolute Gasteiger partial charge is 0.410 e. The Morgan fingerprint density at radius 1 is 1.10 bits per heavy atom. The number of benzene rings is 1. The molecule has 1 heterocycles. The Balaban J connectivity index is 1.65. The molecule has 0 unspecified atom stereocenters. The summed E-state index contributed by atoms with van der Waals surface area (Å²) in [6, 6.07) is 7.08. The Kier molecular flexibility index (Phi) is 8.84. The van der Waals surface area contributed by atoms with Crippen molar-refractivity contribution in [1.29, 1.82) is 0 Å². The van der Waals surface area contributed by atoms with Crippen molar-refractivity contribution in [3.8, 4) is 0 Å². The average molecular weight is 455 g/mol. The number of hydrogen-bond acceptors (Lipinski definition) is 6. The molecule has 1 aromatic rings. The molecule has 0 saturated carbocycles. The van der Waals surface area contributed by atoms with E-state index in [4.69, 9.17) is 4.74 Å². The highest BCUT2D eigenvalue weighted by Crippen LogP contribution is 2.12. The molecule has 1 fully saturated rings. The lowest BCUT2D eigenvalue weighted by Crippen LogP contribution is -2.50. The third-order valence-electron chi connectivity index (χ3n) is 4.75. The first kappa shape index (κ1) is 25.1.